The quantitative estimate of drug-likeness (QED) is 0.875. The molecule has 0 aliphatic rings. The van der Waals surface area contributed by atoms with E-state index in [4.69, 9.17) is 0 Å². The lowest BCUT2D eigenvalue weighted by molar-refractivity contribution is 0.836. The summed E-state index contributed by atoms with van der Waals surface area (Å²) in [4.78, 5) is 5.90. The number of benzene rings is 1. The number of hydrogen-bond acceptors (Lipinski definition) is 3. The van der Waals surface area contributed by atoms with Gasteiger partial charge >= 0.3 is 0 Å². The number of nitrogens with zero attached hydrogens (tertiary/aromatic N) is 1. The molecule has 1 heterocycles. The first-order chi connectivity index (χ1) is 8.47. The standard InChI is InChI=1S/C15H20N2S/c1-9-6-7-14(8-10(9)2)16-11(3)15-12(4)18-13(5)17-15/h6-8,11,16H,1-5H3. The molecule has 0 saturated carbocycles. The molecular weight excluding hydrogens is 240 g/mol. The molecule has 0 aliphatic carbocycles. The highest BCUT2D eigenvalue weighted by Gasteiger charge is 2.12. The number of aromatic nitrogens is 1. The van der Waals surface area contributed by atoms with Crippen LogP contribution in [0, 0.1) is 27.7 Å². The number of rotatable bonds is 3. The van der Waals surface area contributed by atoms with Crippen molar-refractivity contribution >= 4 is 17.0 Å². The molecule has 1 aromatic heterocycles. The van der Waals surface area contributed by atoms with Gasteiger partial charge in [-0.1, -0.05) is 6.07 Å². The SMILES string of the molecule is Cc1nc(C(C)Nc2ccc(C)c(C)c2)c(C)s1. The molecule has 0 aliphatic heterocycles. The average molecular weight is 260 g/mol. The van der Waals surface area contributed by atoms with Crippen molar-refractivity contribution < 1.29 is 0 Å². The van der Waals surface area contributed by atoms with E-state index in [1.165, 1.54) is 16.0 Å². The van der Waals surface area contributed by atoms with Gasteiger partial charge in [-0.15, -0.1) is 11.3 Å². The lowest BCUT2D eigenvalue weighted by Crippen LogP contribution is -2.08. The van der Waals surface area contributed by atoms with Crippen LogP contribution in [0.15, 0.2) is 18.2 Å². The Hall–Kier alpha value is -1.35. The third-order valence-corrected chi connectivity index (χ3v) is 4.14. The molecule has 2 nitrogen and oxygen atoms in total. The van der Waals surface area contributed by atoms with Gasteiger partial charge in [0.2, 0.25) is 0 Å². The largest absolute Gasteiger partial charge is 0.377 e. The molecule has 18 heavy (non-hydrogen) atoms. The molecule has 0 saturated heterocycles. The van der Waals surface area contributed by atoms with Crippen LogP contribution in [0.1, 0.15) is 39.7 Å². The van der Waals surface area contributed by atoms with Crippen LogP contribution in [0.5, 0.6) is 0 Å². The van der Waals surface area contributed by atoms with E-state index in [1.807, 2.05) is 0 Å². The van der Waals surface area contributed by atoms with E-state index in [9.17, 15) is 0 Å². The van der Waals surface area contributed by atoms with Gasteiger partial charge in [0.05, 0.1) is 16.7 Å². The van der Waals surface area contributed by atoms with E-state index in [0.29, 0.717) is 0 Å². The van der Waals surface area contributed by atoms with Gasteiger partial charge in [-0.3, -0.25) is 0 Å². The van der Waals surface area contributed by atoms with E-state index < -0.39 is 0 Å². The molecule has 1 unspecified atom stereocenters. The van der Waals surface area contributed by atoms with Crippen molar-refractivity contribution in [3.63, 3.8) is 0 Å². The molecule has 2 aromatic rings. The van der Waals surface area contributed by atoms with E-state index in [1.54, 1.807) is 11.3 Å². The smallest absolute Gasteiger partial charge is 0.0901 e. The second-order valence-electron chi connectivity index (χ2n) is 4.84. The monoisotopic (exact) mass is 260 g/mol. The second kappa shape index (κ2) is 5.11. The highest BCUT2D eigenvalue weighted by atomic mass is 32.1. The summed E-state index contributed by atoms with van der Waals surface area (Å²) in [5.41, 5.74) is 4.97. The van der Waals surface area contributed by atoms with Gasteiger partial charge in [-0.05, 0) is 57.9 Å². The van der Waals surface area contributed by atoms with Crippen LogP contribution in [0.2, 0.25) is 0 Å². The predicted octanol–water partition coefficient (Wildman–Crippen LogP) is 4.55. The molecular formula is C15H20N2S. The molecule has 0 spiro atoms. The molecule has 2 rings (SSSR count). The zero-order valence-electron chi connectivity index (χ0n) is 11.7. The molecule has 1 aromatic carbocycles. The van der Waals surface area contributed by atoms with Crippen molar-refractivity contribution in [3.05, 3.63) is 44.9 Å². The summed E-state index contributed by atoms with van der Waals surface area (Å²) >= 11 is 1.76. The molecule has 0 amide bonds. The summed E-state index contributed by atoms with van der Waals surface area (Å²) < 4.78 is 0. The Morgan fingerprint density at radius 1 is 1.11 bits per heavy atom. The first kappa shape index (κ1) is 13.1. The van der Waals surface area contributed by atoms with E-state index in [2.05, 4.69) is 63.1 Å². The Labute approximate surface area is 113 Å². The number of hydrogen-bond donors (Lipinski definition) is 1. The maximum Gasteiger partial charge on any atom is 0.0901 e. The van der Waals surface area contributed by atoms with Crippen LogP contribution in [-0.2, 0) is 0 Å². The van der Waals surface area contributed by atoms with Crippen molar-refractivity contribution in [2.24, 2.45) is 0 Å². The van der Waals surface area contributed by atoms with Gasteiger partial charge in [0.15, 0.2) is 0 Å². The van der Waals surface area contributed by atoms with Crippen molar-refractivity contribution in [3.8, 4) is 0 Å². The minimum atomic E-state index is 0.247. The Morgan fingerprint density at radius 3 is 2.39 bits per heavy atom. The fourth-order valence-electron chi connectivity index (χ4n) is 2.10. The number of thiazole rings is 1. The zero-order valence-corrected chi connectivity index (χ0v) is 12.5. The number of aryl methyl sites for hydroxylation is 4. The minimum Gasteiger partial charge on any atom is -0.377 e. The van der Waals surface area contributed by atoms with Crippen LogP contribution in [0.3, 0.4) is 0 Å². The summed E-state index contributed by atoms with van der Waals surface area (Å²) in [6.45, 7) is 10.6. The first-order valence-corrected chi connectivity index (χ1v) is 7.06. The molecule has 1 atom stereocenters. The lowest BCUT2D eigenvalue weighted by Gasteiger charge is -2.15. The van der Waals surface area contributed by atoms with Gasteiger partial charge in [-0.25, -0.2) is 4.98 Å². The fourth-order valence-corrected chi connectivity index (χ4v) is 3.01. The molecule has 0 bridgehead atoms. The van der Waals surface area contributed by atoms with Gasteiger partial charge in [0.25, 0.3) is 0 Å². The molecule has 0 radical (unpaired) electrons. The van der Waals surface area contributed by atoms with Crippen LogP contribution in [-0.4, -0.2) is 4.98 Å². The maximum atomic E-state index is 4.60. The summed E-state index contributed by atoms with van der Waals surface area (Å²) in [7, 11) is 0. The Morgan fingerprint density at radius 2 is 1.83 bits per heavy atom. The topological polar surface area (TPSA) is 24.9 Å². The van der Waals surface area contributed by atoms with Crippen LogP contribution >= 0.6 is 11.3 Å². The summed E-state index contributed by atoms with van der Waals surface area (Å²) in [5.74, 6) is 0. The Kier molecular flexibility index (Phi) is 3.71. The summed E-state index contributed by atoms with van der Waals surface area (Å²) in [5, 5.41) is 4.66. The second-order valence-corrected chi connectivity index (χ2v) is 6.25. The van der Waals surface area contributed by atoms with E-state index in [-0.39, 0.29) is 6.04 Å². The van der Waals surface area contributed by atoms with Crippen molar-refractivity contribution in [2.45, 2.75) is 40.7 Å². The Balaban J connectivity index is 2.18. The predicted molar refractivity (Wildman–Crippen MR) is 79.5 cm³/mol. The first-order valence-electron chi connectivity index (χ1n) is 6.25. The van der Waals surface area contributed by atoms with E-state index in [0.717, 1.165) is 16.4 Å². The third-order valence-electron chi connectivity index (χ3n) is 3.24. The molecule has 96 valence electrons. The Bertz CT molecular complexity index is 558. The molecule has 1 N–H and O–H groups in total. The number of anilines is 1. The summed E-state index contributed by atoms with van der Waals surface area (Å²) in [6, 6.07) is 6.73. The van der Waals surface area contributed by atoms with Crippen molar-refractivity contribution in [2.75, 3.05) is 5.32 Å². The van der Waals surface area contributed by atoms with Crippen molar-refractivity contribution in [1.29, 1.82) is 0 Å². The van der Waals surface area contributed by atoms with Gasteiger partial charge in [0.1, 0.15) is 0 Å². The zero-order chi connectivity index (χ0) is 13.3. The minimum absolute atomic E-state index is 0.247. The normalized spacial score (nSPS) is 12.5. The van der Waals surface area contributed by atoms with Crippen molar-refractivity contribution in [1.82, 2.24) is 4.98 Å². The van der Waals surface area contributed by atoms with Crippen LogP contribution in [0.4, 0.5) is 5.69 Å². The van der Waals surface area contributed by atoms with E-state index >= 15 is 0 Å². The number of nitrogens with one attached hydrogen (secondary N) is 1. The van der Waals surface area contributed by atoms with Crippen LogP contribution in [0.25, 0.3) is 0 Å². The maximum absolute atomic E-state index is 4.60. The third kappa shape index (κ3) is 2.72. The average Bonchev–Trinajstić information content (AvgIpc) is 2.63. The van der Waals surface area contributed by atoms with Crippen LogP contribution < -0.4 is 5.32 Å². The summed E-state index contributed by atoms with van der Waals surface area (Å²) in [6.07, 6.45) is 0. The van der Waals surface area contributed by atoms with Gasteiger partial charge < -0.3 is 5.32 Å². The molecule has 0 fully saturated rings. The lowest BCUT2D eigenvalue weighted by atomic mass is 10.1. The molecule has 3 heteroatoms. The van der Waals surface area contributed by atoms with Gasteiger partial charge in [-0.2, -0.15) is 0 Å². The fraction of sp³-hybridized carbons (Fsp3) is 0.400. The van der Waals surface area contributed by atoms with Gasteiger partial charge in [0, 0.05) is 10.6 Å². The highest BCUT2D eigenvalue weighted by Crippen LogP contribution is 2.26. The highest BCUT2D eigenvalue weighted by molar-refractivity contribution is 7.11.